The van der Waals surface area contributed by atoms with Crippen LogP contribution in [0.25, 0.3) is 11.0 Å². The van der Waals surface area contributed by atoms with Crippen LogP contribution in [-0.2, 0) is 21.2 Å². The Morgan fingerprint density at radius 3 is 2.30 bits per heavy atom. The molecule has 2 heterocycles. The van der Waals surface area contributed by atoms with Crippen molar-refractivity contribution < 1.29 is 27.2 Å². The summed E-state index contributed by atoms with van der Waals surface area (Å²) in [6, 6.07) is 21.9. The van der Waals surface area contributed by atoms with Crippen LogP contribution in [0.2, 0.25) is 0 Å². The lowest BCUT2D eigenvalue weighted by Crippen LogP contribution is -2.51. The predicted octanol–water partition coefficient (Wildman–Crippen LogP) is 5.16. The third-order valence-corrected chi connectivity index (χ3v) is 9.64. The highest BCUT2D eigenvalue weighted by Crippen LogP contribution is 2.36. The molecular weight excluding hydrogens is 580 g/mol. The minimum absolute atomic E-state index is 0.0407. The second-order valence-corrected chi connectivity index (χ2v) is 12.7. The Morgan fingerprint density at radius 1 is 0.932 bits per heavy atom. The summed E-state index contributed by atoms with van der Waals surface area (Å²) < 4.78 is 41.4. The maximum absolute atomic E-state index is 14.5. The molecule has 3 aromatic carbocycles. The van der Waals surface area contributed by atoms with Gasteiger partial charge in [-0.05, 0) is 56.2 Å². The van der Waals surface area contributed by atoms with Gasteiger partial charge < -0.3 is 23.9 Å². The van der Waals surface area contributed by atoms with Crippen LogP contribution in [-0.4, -0.2) is 83.6 Å². The summed E-state index contributed by atoms with van der Waals surface area (Å²) in [5.41, 5.74) is 3.29. The molecule has 1 aliphatic heterocycles. The number of anilines is 2. The van der Waals surface area contributed by atoms with E-state index in [1.807, 2.05) is 54.6 Å². The van der Waals surface area contributed by atoms with Gasteiger partial charge in [-0.25, -0.2) is 18.0 Å². The van der Waals surface area contributed by atoms with Crippen molar-refractivity contribution in [1.29, 1.82) is 0 Å². The van der Waals surface area contributed by atoms with Gasteiger partial charge in [0.2, 0.25) is 5.76 Å². The van der Waals surface area contributed by atoms with Crippen molar-refractivity contribution >= 4 is 44.4 Å². The van der Waals surface area contributed by atoms with E-state index in [1.54, 1.807) is 49.9 Å². The highest BCUT2D eigenvalue weighted by molar-refractivity contribution is 7.92. The van der Waals surface area contributed by atoms with Crippen molar-refractivity contribution in [3.05, 3.63) is 89.7 Å². The molecule has 1 aliphatic rings. The quantitative estimate of drug-likeness (QED) is 0.239. The van der Waals surface area contributed by atoms with Crippen LogP contribution in [0.4, 0.5) is 16.2 Å². The molecule has 1 fully saturated rings. The Labute approximate surface area is 258 Å². The van der Waals surface area contributed by atoms with Gasteiger partial charge in [0, 0.05) is 57.8 Å². The SMILES string of the molecule is CCOC(=O)c1oc2ccc(S(=O)(=O)N(CCc3ccccc3)c3ccccc3N3CCN(C(=O)N(C)C)CC3)cc2c1C. The number of carbonyl (C=O) groups is 2. The first kappa shape index (κ1) is 30.9. The Morgan fingerprint density at radius 2 is 1.61 bits per heavy atom. The van der Waals surface area contributed by atoms with Crippen molar-refractivity contribution in [3.63, 3.8) is 0 Å². The summed E-state index contributed by atoms with van der Waals surface area (Å²) >= 11 is 0. The number of aryl methyl sites for hydroxylation is 1. The van der Waals surface area contributed by atoms with Crippen molar-refractivity contribution in [1.82, 2.24) is 9.80 Å². The second-order valence-electron chi connectivity index (χ2n) is 10.9. The molecule has 2 amide bonds. The number of rotatable bonds is 9. The van der Waals surface area contributed by atoms with Crippen LogP contribution in [0, 0.1) is 6.92 Å². The van der Waals surface area contributed by atoms with Crippen LogP contribution >= 0.6 is 0 Å². The van der Waals surface area contributed by atoms with Crippen LogP contribution < -0.4 is 9.21 Å². The zero-order valence-electron chi connectivity index (χ0n) is 25.5. The Balaban J connectivity index is 1.53. The number of sulfonamides is 1. The number of piperazine rings is 1. The smallest absolute Gasteiger partial charge is 0.374 e. The summed E-state index contributed by atoms with van der Waals surface area (Å²) in [6.07, 6.45) is 0.500. The van der Waals surface area contributed by atoms with Gasteiger partial charge in [0.05, 0.1) is 22.9 Å². The van der Waals surface area contributed by atoms with Crippen molar-refractivity contribution in [2.45, 2.75) is 25.2 Å². The Hall–Kier alpha value is -4.51. The fourth-order valence-electron chi connectivity index (χ4n) is 5.49. The summed E-state index contributed by atoms with van der Waals surface area (Å²) in [6.45, 7) is 6.04. The van der Waals surface area contributed by atoms with E-state index in [-0.39, 0.29) is 29.8 Å². The molecule has 0 atom stereocenters. The molecule has 0 radical (unpaired) electrons. The molecule has 1 saturated heterocycles. The average molecular weight is 619 g/mol. The zero-order valence-corrected chi connectivity index (χ0v) is 26.3. The largest absolute Gasteiger partial charge is 0.460 e. The van der Waals surface area contributed by atoms with E-state index < -0.39 is 16.0 Å². The number of ether oxygens (including phenoxy) is 1. The topological polar surface area (TPSA) is 104 Å². The lowest BCUT2D eigenvalue weighted by atomic mass is 10.1. The fraction of sp³-hybridized carbons (Fsp3) is 0.333. The number of para-hydroxylation sites is 2. The van der Waals surface area contributed by atoms with Gasteiger partial charge >= 0.3 is 12.0 Å². The van der Waals surface area contributed by atoms with Crippen molar-refractivity contribution in [3.8, 4) is 0 Å². The number of furan rings is 1. The maximum Gasteiger partial charge on any atom is 0.374 e. The average Bonchev–Trinajstić information content (AvgIpc) is 3.37. The number of amides is 2. The van der Waals surface area contributed by atoms with Gasteiger partial charge in [-0.2, -0.15) is 0 Å². The Kier molecular flexibility index (Phi) is 9.14. The van der Waals surface area contributed by atoms with E-state index in [4.69, 9.17) is 9.15 Å². The molecule has 232 valence electrons. The molecule has 44 heavy (non-hydrogen) atoms. The number of hydrogen-bond donors (Lipinski definition) is 0. The van der Waals surface area contributed by atoms with E-state index in [0.29, 0.717) is 54.8 Å². The lowest BCUT2D eigenvalue weighted by Gasteiger charge is -2.39. The standard InChI is InChI=1S/C33H38N4O6S/c1-5-42-32(38)31-24(2)27-23-26(15-16-30(27)43-31)44(40,41)37(18-17-25-11-7-6-8-12-25)29-14-10-9-13-28(29)35-19-21-36(22-20-35)33(39)34(3)4/h6-16,23H,5,17-22H2,1-4H3. The molecule has 4 aromatic rings. The number of benzene rings is 3. The molecule has 0 saturated carbocycles. The molecule has 0 spiro atoms. The second kappa shape index (κ2) is 13.0. The van der Waals surface area contributed by atoms with Gasteiger partial charge in [-0.3, -0.25) is 4.31 Å². The first-order valence-electron chi connectivity index (χ1n) is 14.7. The van der Waals surface area contributed by atoms with Gasteiger partial charge in [-0.1, -0.05) is 42.5 Å². The van der Waals surface area contributed by atoms with Gasteiger partial charge in [0.25, 0.3) is 10.0 Å². The highest BCUT2D eigenvalue weighted by atomic mass is 32.2. The minimum atomic E-state index is -4.07. The maximum atomic E-state index is 14.5. The lowest BCUT2D eigenvalue weighted by molar-refractivity contribution is 0.0491. The molecule has 1 aromatic heterocycles. The molecule has 11 heteroatoms. The predicted molar refractivity (Wildman–Crippen MR) is 171 cm³/mol. The zero-order chi connectivity index (χ0) is 31.4. The molecule has 0 N–H and O–H groups in total. The number of nitrogens with zero attached hydrogens (tertiary/aromatic N) is 4. The van der Waals surface area contributed by atoms with Gasteiger partial charge in [0.15, 0.2) is 0 Å². The molecule has 0 unspecified atom stereocenters. The Bertz CT molecular complexity index is 1740. The number of esters is 1. The summed E-state index contributed by atoms with van der Waals surface area (Å²) in [4.78, 5) is 30.6. The van der Waals surface area contributed by atoms with Crippen LogP contribution in [0.1, 0.15) is 28.6 Å². The molecule has 0 aliphatic carbocycles. The number of hydrogen-bond acceptors (Lipinski definition) is 7. The van der Waals surface area contributed by atoms with E-state index in [2.05, 4.69) is 4.90 Å². The third kappa shape index (κ3) is 6.23. The molecular formula is C33H38N4O6S. The number of fused-ring (bicyclic) bond motifs is 1. The van der Waals surface area contributed by atoms with Gasteiger partial charge in [-0.15, -0.1) is 0 Å². The first-order valence-corrected chi connectivity index (χ1v) is 16.1. The molecule has 0 bridgehead atoms. The van der Waals surface area contributed by atoms with Crippen LogP contribution in [0.3, 0.4) is 0 Å². The van der Waals surface area contributed by atoms with Crippen LogP contribution in [0.5, 0.6) is 0 Å². The van der Waals surface area contributed by atoms with Crippen molar-refractivity contribution in [2.75, 3.05) is 62.6 Å². The van der Waals surface area contributed by atoms with E-state index in [0.717, 1.165) is 11.3 Å². The molecule has 5 rings (SSSR count). The van der Waals surface area contributed by atoms with Crippen LogP contribution in [0.15, 0.2) is 82.1 Å². The minimum Gasteiger partial charge on any atom is -0.460 e. The van der Waals surface area contributed by atoms with Gasteiger partial charge in [0.1, 0.15) is 5.58 Å². The highest BCUT2D eigenvalue weighted by Gasteiger charge is 2.31. The normalized spacial score (nSPS) is 13.6. The van der Waals surface area contributed by atoms with E-state index >= 15 is 0 Å². The summed E-state index contributed by atoms with van der Waals surface area (Å²) in [5, 5.41) is 0.534. The number of urea groups is 1. The first-order chi connectivity index (χ1) is 21.1. The van der Waals surface area contributed by atoms with E-state index in [1.165, 1.54) is 10.4 Å². The van der Waals surface area contributed by atoms with Crippen molar-refractivity contribution in [2.24, 2.45) is 0 Å². The molecule has 10 nitrogen and oxygen atoms in total. The summed E-state index contributed by atoms with van der Waals surface area (Å²) in [5.74, 6) is -0.522. The monoisotopic (exact) mass is 618 g/mol. The van der Waals surface area contributed by atoms with E-state index in [9.17, 15) is 18.0 Å². The third-order valence-electron chi connectivity index (χ3n) is 7.83. The summed E-state index contributed by atoms with van der Waals surface area (Å²) in [7, 11) is -0.601. The fourth-order valence-corrected chi connectivity index (χ4v) is 6.99. The number of carbonyl (C=O) groups excluding carboxylic acids is 2.